The molecular weight excluding hydrogens is 314 g/mol. The van der Waals surface area contributed by atoms with Crippen LogP contribution in [0.15, 0.2) is 54.6 Å². The van der Waals surface area contributed by atoms with Gasteiger partial charge < -0.3 is 15.2 Å². The molecule has 0 aliphatic carbocycles. The van der Waals surface area contributed by atoms with E-state index in [1.165, 1.54) is 0 Å². The van der Waals surface area contributed by atoms with Gasteiger partial charge in [-0.1, -0.05) is 54.1 Å². The van der Waals surface area contributed by atoms with Crippen molar-refractivity contribution in [3.8, 4) is 0 Å². The summed E-state index contributed by atoms with van der Waals surface area (Å²) in [7, 11) is 0. The molecule has 2 rings (SSSR count). The van der Waals surface area contributed by atoms with E-state index < -0.39 is 6.10 Å². The summed E-state index contributed by atoms with van der Waals surface area (Å²) < 4.78 is 5.48. The lowest BCUT2D eigenvalue weighted by atomic mass is 10.1. The highest BCUT2D eigenvalue weighted by molar-refractivity contribution is 6.30. The van der Waals surface area contributed by atoms with Crippen molar-refractivity contribution in [1.29, 1.82) is 0 Å². The number of aliphatic hydroxyl groups is 1. The lowest BCUT2D eigenvalue weighted by molar-refractivity contribution is -0.123. The first-order valence-corrected chi connectivity index (χ1v) is 7.85. The van der Waals surface area contributed by atoms with Crippen molar-refractivity contribution in [3.05, 3.63) is 70.7 Å². The van der Waals surface area contributed by atoms with Gasteiger partial charge in [-0.2, -0.15) is 0 Å². The second-order valence-electron chi connectivity index (χ2n) is 5.16. The van der Waals surface area contributed by atoms with Gasteiger partial charge in [-0.25, -0.2) is 0 Å². The zero-order valence-corrected chi connectivity index (χ0v) is 13.5. The van der Waals surface area contributed by atoms with Crippen LogP contribution in [-0.2, 0) is 16.1 Å². The summed E-state index contributed by atoms with van der Waals surface area (Å²) in [6.45, 7) is 1.30. The lowest BCUT2D eigenvalue weighted by Crippen LogP contribution is -2.28. The van der Waals surface area contributed by atoms with E-state index in [-0.39, 0.29) is 12.3 Å². The summed E-state index contributed by atoms with van der Waals surface area (Å²) in [6.07, 6.45) is -0.743. The molecule has 0 saturated heterocycles. The largest absolute Gasteiger partial charge is 0.388 e. The van der Waals surface area contributed by atoms with Gasteiger partial charge in [0.15, 0.2) is 0 Å². The maximum atomic E-state index is 11.8. The minimum atomic E-state index is -0.786. The molecule has 0 aliphatic rings. The number of aliphatic hydroxyl groups excluding tert-OH is 1. The molecule has 1 amide bonds. The van der Waals surface area contributed by atoms with Crippen LogP contribution in [0.1, 0.15) is 23.7 Å². The number of carbonyl (C=O) groups excluding carboxylic acids is 1. The van der Waals surface area contributed by atoms with Crippen LogP contribution < -0.4 is 5.32 Å². The van der Waals surface area contributed by atoms with E-state index in [2.05, 4.69) is 5.32 Å². The van der Waals surface area contributed by atoms with E-state index in [1.54, 1.807) is 12.1 Å². The molecule has 1 unspecified atom stereocenters. The molecule has 0 aromatic heterocycles. The van der Waals surface area contributed by atoms with E-state index in [9.17, 15) is 9.90 Å². The monoisotopic (exact) mass is 333 g/mol. The van der Waals surface area contributed by atoms with E-state index in [0.29, 0.717) is 24.8 Å². The number of carbonyl (C=O) groups is 1. The highest BCUT2D eigenvalue weighted by atomic mass is 35.5. The number of amides is 1. The number of hydrogen-bond acceptors (Lipinski definition) is 3. The molecule has 0 aliphatic heterocycles. The summed E-state index contributed by atoms with van der Waals surface area (Å²) in [4.78, 5) is 11.8. The highest BCUT2D eigenvalue weighted by Crippen LogP contribution is 2.15. The van der Waals surface area contributed by atoms with Crippen LogP contribution in [0.2, 0.25) is 5.02 Å². The SMILES string of the molecule is O=C(CC(O)c1ccccc1)NCCOCc1ccc(Cl)cc1. The van der Waals surface area contributed by atoms with Crippen molar-refractivity contribution < 1.29 is 14.6 Å². The molecule has 2 N–H and O–H groups in total. The number of nitrogens with one attached hydrogen (secondary N) is 1. The van der Waals surface area contributed by atoms with Crippen LogP contribution in [0.4, 0.5) is 0 Å². The van der Waals surface area contributed by atoms with E-state index in [1.807, 2.05) is 42.5 Å². The van der Waals surface area contributed by atoms with E-state index in [4.69, 9.17) is 16.3 Å². The van der Waals surface area contributed by atoms with Crippen LogP contribution in [0.3, 0.4) is 0 Å². The minimum Gasteiger partial charge on any atom is -0.388 e. The lowest BCUT2D eigenvalue weighted by Gasteiger charge is -2.11. The zero-order valence-electron chi connectivity index (χ0n) is 12.7. The van der Waals surface area contributed by atoms with Crippen molar-refractivity contribution in [2.75, 3.05) is 13.2 Å². The molecule has 2 aromatic rings. The van der Waals surface area contributed by atoms with Crippen molar-refractivity contribution in [2.24, 2.45) is 0 Å². The fourth-order valence-corrected chi connectivity index (χ4v) is 2.20. The predicted octanol–water partition coefficient (Wildman–Crippen LogP) is 3.10. The van der Waals surface area contributed by atoms with Crippen LogP contribution in [0.5, 0.6) is 0 Å². The number of benzene rings is 2. The number of halogens is 1. The Hall–Kier alpha value is -1.88. The quantitative estimate of drug-likeness (QED) is 0.730. The Kier molecular flexibility index (Phi) is 7.07. The average Bonchev–Trinajstić information content (AvgIpc) is 2.57. The Morgan fingerprint density at radius 2 is 1.83 bits per heavy atom. The van der Waals surface area contributed by atoms with Gasteiger partial charge in [-0.05, 0) is 23.3 Å². The molecule has 0 fully saturated rings. The third kappa shape index (κ3) is 6.40. The van der Waals surface area contributed by atoms with E-state index >= 15 is 0 Å². The van der Waals surface area contributed by atoms with E-state index in [0.717, 1.165) is 11.1 Å². The van der Waals surface area contributed by atoms with Gasteiger partial charge in [0, 0.05) is 11.6 Å². The standard InChI is InChI=1S/C18H20ClNO3/c19-16-8-6-14(7-9-16)13-23-11-10-20-18(22)12-17(21)15-4-2-1-3-5-15/h1-9,17,21H,10-13H2,(H,20,22). The number of hydrogen-bond donors (Lipinski definition) is 2. The van der Waals surface area contributed by atoms with Crippen molar-refractivity contribution in [3.63, 3.8) is 0 Å². The van der Waals surface area contributed by atoms with Crippen LogP contribution in [0.25, 0.3) is 0 Å². The van der Waals surface area contributed by atoms with Gasteiger partial charge in [0.2, 0.25) is 5.91 Å². The molecule has 0 spiro atoms. The van der Waals surface area contributed by atoms with Gasteiger partial charge >= 0.3 is 0 Å². The molecule has 0 heterocycles. The summed E-state index contributed by atoms with van der Waals surface area (Å²) in [5.41, 5.74) is 1.77. The van der Waals surface area contributed by atoms with Crippen molar-refractivity contribution >= 4 is 17.5 Å². The predicted molar refractivity (Wildman–Crippen MR) is 90.1 cm³/mol. The maximum absolute atomic E-state index is 11.8. The normalized spacial score (nSPS) is 11.9. The Bertz CT molecular complexity index is 601. The zero-order chi connectivity index (χ0) is 16.5. The molecule has 0 radical (unpaired) electrons. The topological polar surface area (TPSA) is 58.6 Å². The highest BCUT2D eigenvalue weighted by Gasteiger charge is 2.11. The van der Waals surface area contributed by atoms with Gasteiger partial charge in [0.25, 0.3) is 0 Å². The molecule has 0 saturated carbocycles. The Balaban J connectivity index is 1.60. The first-order valence-electron chi connectivity index (χ1n) is 7.47. The van der Waals surface area contributed by atoms with Gasteiger partial charge in [0.1, 0.15) is 0 Å². The van der Waals surface area contributed by atoms with Crippen molar-refractivity contribution in [2.45, 2.75) is 19.1 Å². The second kappa shape index (κ2) is 9.30. The first kappa shape index (κ1) is 17.5. The summed E-state index contributed by atoms with van der Waals surface area (Å²) in [5, 5.41) is 13.4. The first-order chi connectivity index (χ1) is 11.1. The third-order valence-electron chi connectivity index (χ3n) is 3.31. The summed E-state index contributed by atoms with van der Waals surface area (Å²) in [6, 6.07) is 16.6. The van der Waals surface area contributed by atoms with Crippen LogP contribution in [-0.4, -0.2) is 24.2 Å². The Morgan fingerprint density at radius 1 is 1.13 bits per heavy atom. The van der Waals surface area contributed by atoms with Crippen molar-refractivity contribution in [1.82, 2.24) is 5.32 Å². The van der Waals surface area contributed by atoms with Gasteiger partial charge in [-0.15, -0.1) is 0 Å². The molecule has 0 bridgehead atoms. The average molecular weight is 334 g/mol. The molecule has 2 aromatic carbocycles. The summed E-state index contributed by atoms with van der Waals surface area (Å²) >= 11 is 5.81. The van der Waals surface area contributed by atoms with Gasteiger partial charge in [-0.3, -0.25) is 4.79 Å². The molecule has 4 nitrogen and oxygen atoms in total. The summed E-state index contributed by atoms with van der Waals surface area (Å²) in [5.74, 6) is -0.198. The number of rotatable bonds is 8. The molecular formula is C18H20ClNO3. The minimum absolute atomic E-state index is 0.0429. The Morgan fingerprint density at radius 3 is 2.52 bits per heavy atom. The molecule has 122 valence electrons. The fourth-order valence-electron chi connectivity index (χ4n) is 2.07. The fraction of sp³-hybridized carbons (Fsp3) is 0.278. The molecule has 23 heavy (non-hydrogen) atoms. The smallest absolute Gasteiger partial charge is 0.223 e. The second-order valence-corrected chi connectivity index (χ2v) is 5.60. The van der Waals surface area contributed by atoms with Gasteiger partial charge in [0.05, 0.1) is 25.7 Å². The molecule has 5 heteroatoms. The third-order valence-corrected chi connectivity index (χ3v) is 3.57. The Labute approximate surface area is 141 Å². The van der Waals surface area contributed by atoms with Crippen LogP contribution in [0, 0.1) is 0 Å². The van der Waals surface area contributed by atoms with Crippen LogP contribution >= 0.6 is 11.6 Å². The number of ether oxygens (including phenoxy) is 1. The molecule has 1 atom stereocenters. The maximum Gasteiger partial charge on any atom is 0.223 e.